The average Bonchev–Trinajstić information content (AvgIpc) is 3.16. The molecule has 0 aliphatic rings. The number of sulfone groups is 1. The molecule has 0 saturated carbocycles. The SMILES string of the molecule is CN=C(NCCCn1cccn1)NCCS(=O)(=O)c1ccc(C(C)(C)C)cc1. The maximum absolute atomic E-state index is 12.5. The standard InChI is InChI=1S/C20H31N5O2S/c1-20(2,3)17-7-9-18(10-8-17)28(26,27)16-13-23-19(21-4)22-11-5-14-25-15-6-12-24-25/h6-10,12,15H,5,11,13-14,16H2,1-4H3,(H2,21,22,23). The van der Waals surface area contributed by atoms with Gasteiger partial charge in [0.2, 0.25) is 0 Å². The van der Waals surface area contributed by atoms with Gasteiger partial charge in [-0.25, -0.2) is 8.42 Å². The Morgan fingerprint density at radius 1 is 1.14 bits per heavy atom. The third-order valence-corrected chi connectivity index (χ3v) is 6.11. The second-order valence-corrected chi connectivity index (χ2v) is 9.75. The zero-order valence-electron chi connectivity index (χ0n) is 17.1. The Hall–Kier alpha value is -2.35. The third-order valence-electron chi connectivity index (χ3n) is 4.38. The van der Waals surface area contributed by atoms with Crippen LogP contribution in [0.1, 0.15) is 32.8 Å². The van der Waals surface area contributed by atoms with Gasteiger partial charge in [-0.3, -0.25) is 9.67 Å². The molecule has 1 heterocycles. The van der Waals surface area contributed by atoms with Crippen molar-refractivity contribution in [2.24, 2.45) is 4.99 Å². The van der Waals surface area contributed by atoms with Crippen molar-refractivity contribution in [2.75, 3.05) is 25.9 Å². The highest BCUT2D eigenvalue weighted by atomic mass is 32.2. The van der Waals surface area contributed by atoms with Crippen LogP contribution in [0.4, 0.5) is 0 Å². The van der Waals surface area contributed by atoms with E-state index in [1.165, 1.54) is 0 Å². The monoisotopic (exact) mass is 405 g/mol. The summed E-state index contributed by atoms with van der Waals surface area (Å²) in [5, 5.41) is 10.4. The number of nitrogens with one attached hydrogen (secondary N) is 2. The minimum Gasteiger partial charge on any atom is -0.356 e. The zero-order valence-corrected chi connectivity index (χ0v) is 18.0. The van der Waals surface area contributed by atoms with Crippen molar-refractivity contribution in [1.82, 2.24) is 20.4 Å². The zero-order chi connectivity index (χ0) is 20.6. The number of hydrogen-bond acceptors (Lipinski definition) is 4. The Balaban J connectivity index is 1.78. The van der Waals surface area contributed by atoms with E-state index in [2.05, 4.69) is 41.5 Å². The Morgan fingerprint density at radius 3 is 2.39 bits per heavy atom. The van der Waals surface area contributed by atoms with Crippen molar-refractivity contribution < 1.29 is 8.42 Å². The van der Waals surface area contributed by atoms with Gasteiger partial charge in [0, 0.05) is 39.1 Å². The summed E-state index contributed by atoms with van der Waals surface area (Å²) >= 11 is 0. The van der Waals surface area contributed by atoms with Gasteiger partial charge in [-0.15, -0.1) is 0 Å². The van der Waals surface area contributed by atoms with Gasteiger partial charge >= 0.3 is 0 Å². The van der Waals surface area contributed by atoms with Gasteiger partial charge in [0.25, 0.3) is 0 Å². The topological polar surface area (TPSA) is 88.4 Å². The number of aromatic nitrogens is 2. The summed E-state index contributed by atoms with van der Waals surface area (Å²) in [6, 6.07) is 9.06. The molecule has 0 aliphatic heterocycles. The van der Waals surface area contributed by atoms with Crippen molar-refractivity contribution >= 4 is 15.8 Å². The molecular weight excluding hydrogens is 374 g/mol. The molecule has 0 saturated heterocycles. The van der Waals surface area contributed by atoms with Crippen LogP contribution in [0.5, 0.6) is 0 Å². The summed E-state index contributed by atoms with van der Waals surface area (Å²) in [4.78, 5) is 4.48. The van der Waals surface area contributed by atoms with Crippen LogP contribution in [0.25, 0.3) is 0 Å². The second-order valence-electron chi connectivity index (χ2n) is 7.64. The van der Waals surface area contributed by atoms with Crippen LogP contribution >= 0.6 is 0 Å². The van der Waals surface area contributed by atoms with Crippen LogP contribution in [0.15, 0.2) is 52.6 Å². The van der Waals surface area contributed by atoms with Crippen LogP contribution in [0.2, 0.25) is 0 Å². The molecule has 2 aromatic rings. The average molecular weight is 406 g/mol. The highest BCUT2D eigenvalue weighted by Gasteiger charge is 2.17. The van der Waals surface area contributed by atoms with E-state index in [0.717, 1.165) is 25.1 Å². The van der Waals surface area contributed by atoms with E-state index in [1.807, 2.05) is 29.1 Å². The lowest BCUT2D eigenvalue weighted by Crippen LogP contribution is -2.40. The molecule has 0 amide bonds. The van der Waals surface area contributed by atoms with Crippen LogP contribution < -0.4 is 10.6 Å². The van der Waals surface area contributed by atoms with E-state index >= 15 is 0 Å². The lowest BCUT2D eigenvalue weighted by atomic mass is 9.87. The molecule has 2 N–H and O–H groups in total. The molecule has 7 nitrogen and oxygen atoms in total. The molecule has 0 spiro atoms. The number of rotatable bonds is 8. The molecule has 1 aromatic carbocycles. The summed E-state index contributed by atoms with van der Waals surface area (Å²) in [6.07, 6.45) is 4.57. The van der Waals surface area contributed by atoms with Crippen molar-refractivity contribution in [3.63, 3.8) is 0 Å². The Kier molecular flexibility index (Phi) is 7.62. The maximum atomic E-state index is 12.5. The van der Waals surface area contributed by atoms with E-state index in [-0.39, 0.29) is 11.2 Å². The second kappa shape index (κ2) is 9.73. The number of aryl methyl sites for hydroxylation is 1. The molecule has 0 aliphatic carbocycles. The summed E-state index contributed by atoms with van der Waals surface area (Å²) in [5.74, 6) is 0.606. The van der Waals surface area contributed by atoms with Gasteiger partial charge in [0.1, 0.15) is 0 Å². The molecule has 0 fully saturated rings. The predicted octanol–water partition coefficient (Wildman–Crippen LogP) is 2.21. The smallest absolute Gasteiger partial charge is 0.191 e. The number of benzene rings is 1. The van der Waals surface area contributed by atoms with Crippen molar-refractivity contribution in [3.8, 4) is 0 Å². The minimum absolute atomic E-state index is 0.000574. The molecule has 2 rings (SSSR count). The molecule has 0 bridgehead atoms. The summed E-state index contributed by atoms with van der Waals surface area (Å²) < 4.78 is 27.0. The highest BCUT2D eigenvalue weighted by molar-refractivity contribution is 7.91. The van der Waals surface area contributed by atoms with Gasteiger partial charge in [-0.1, -0.05) is 32.9 Å². The lowest BCUT2D eigenvalue weighted by Gasteiger charge is -2.19. The summed E-state index contributed by atoms with van der Waals surface area (Å²) in [5.41, 5.74) is 1.11. The molecule has 1 aromatic heterocycles. The maximum Gasteiger partial charge on any atom is 0.191 e. The quantitative estimate of drug-likeness (QED) is 0.399. The first-order valence-electron chi connectivity index (χ1n) is 9.47. The van der Waals surface area contributed by atoms with Crippen LogP contribution in [-0.4, -0.2) is 50.0 Å². The fourth-order valence-electron chi connectivity index (χ4n) is 2.69. The van der Waals surface area contributed by atoms with Gasteiger partial charge in [-0.2, -0.15) is 5.10 Å². The largest absolute Gasteiger partial charge is 0.356 e. The Labute approximate surface area is 168 Å². The van der Waals surface area contributed by atoms with Gasteiger partial charge < -0.3 is 10.6 Å². The van der Waals surface area contributed by atoms with Gasteiger partial charge in [0.15, 0.2) is 15.8 Å². The fourth-order valence-corrected chi connectivity index (χ4v) is 3.84. The van der Waals surface area contributed by atoms with Crippen LogP contribution in [0, 0.1) is 0 Å². The molecule has 0 unspecified atom stereocenters. The van der Waals surface area contributed by atoms with Gasteiger partial charge in [-0.05, 0) is 35.6 Å². The Morgan fingerprint density at radius 2 is 1.82 bits per heavy atom. The van der Waals surface area contributed by atoms with E-state index in [0.29, 0.717) is 17.4 Å². The molecular formula is C20H31N5O2S. The van der Waals surface area contributed by atoms with E-state index < -0.39 is 9.84 Å². The first-order chi connectivity index (χ1) is 13.2. The minimum atomic E-state index is -3.34. The van der Waals surface area contributed by atoms with E-state index in [9.17, 15) is 8.42 Å². The third kappa shape index (κ3) is 6.67. The predicted molar refractivity (Wildman–Crippen MR) is 113 cm³/mol. The van der Waals surface area contributed by atoms with Crippen LogP contribution in [-0.2, 0) is 21.8 Å². The van der Waals surface area contributed by atoms with Crippen molar-refractivity contribution in [2.45, 2.75) is 44.0 Å². The molecule has 8 heteroatoms. The number of aliphatic imine (C=N–C) groups is 1. The normalized spacial score (nSPS) is 12.8. The van der Waals surface area contributed by atoms with E-state index in [4.69, 9.17) is 0 Å². The Bertz CT molecular complexity index is 851. The summed E-state index contributed by atoms with van der Waals surface area (Å²) in [7, 11) is -1.67. The fraction of sp³-hybridized carbons (Fsp3) is 0.500. The van der Waals surface area contributed by atoms with Gasteiger partial charge in [0.05, 0.1) is 10.6 Å². The molecule has 154 valence electrons. The van der Waals surface area contributed by atoms with Crippen molar-refractivity contribution in [1.29, 1.82) is 0 Å². The molecule has 0 radical (unpaired) electrons. The van der Waals surface area contributed by atoms with Crippen LogP contribution in [0.3, 0.4) is 0 Å². The molecule has 28 heavy (non-hydrogen) atoms. The number of nitrogens with zero attached hydrogens (tertiary/aromatic N) is 3. The highest BCUT2D eigenvalue weighted by Crippen LogP contribution is 2.23. The number of hydrogen-bond donors (Lipinski definition) is 2. The lowest BCUT2D eigenvalue weighted by molar-refractivity contribution is 0.570. The van der Waals surface area contributed by atoms with E-state index in [1.54, 1.807) is 25.4 Å². The molecule has 0 atom stereocenters. The summed E-state index contributed by atoms with van der Waals surface area (Å²) in [6.45, 7) is 8.15. The first-order valence-corrected chi connectivity index (χ1v) is 11.1. The van der Waals surface area contributed by atoms with Crippen molar-refractivity contribution in [3.05, 3.63) is 48.3 Å². The first kappa shape index (κ1) is 21.9. The number of guanidine groups is 1.